The van der Waals surface area contributed by atoms with Gasteiger partial charge in [-0.3, -0.25) is 0 Å². The molecule has 2 aromatic heterocycles. The van der Waals surface area contributed by atoms with Crippen molar-refractivity contribution >= 4 is 34.3 Å². The van der Waals surface area contributed by atoms with Crippen molar-refractivity contribution in [3.8, 4) is 0 Å². The second kappa shape index (κ2) is 7.00. The summed E-state index contributed by atoms with van der Waals surface area (Å²) in [5, 5.41) is 0.776. The summed E-state index contributed by atoms with van der Waals surface area (Å²) in [6.45, 7) is 3.75. The molecule has 0 radical (unpaired) electrons. The number of imidazole rings is 1. The normalized spacial score (nSPS) is 18.6. The van der Waals surface area contributed by atoms with Gasteiger partial charge in [0, 0.05) is 42.9 Å². The van der Waals surface area contributed by atoms with E-state index in [1.165, 1.54) is 31.4 Å². The largest absolute Gasteiger partial charge is 0.368 e. The van der Waals surface area contributed by atoms with E-state index >= 15 is 0 Å². The Bertz CT molecular complexity index is 923. The first-order valence-corrected chi connectivity index (χ1v) is 10.1. The zero-order chi connectivity index (χ0) is 18.2. The highest BCUT2D eigenvalue weighted by Crippen LogP contribution is 2.33. The van der Waals surface area contributed by atoms with E-state index in [0.29, 0.717) is 6.04 Å². The number of benzene rings is 1. The zero-order valence-electron chi connectivity index (χ0n) is 15.3. The van der Waals surface area contributed by atoms with E-state index in [4.69, 9.17) is 16.6 Å². The van der Waals surface area contributed by atoms with Crippen LogP contribution in [0.2, 0.25) is 5.02 Å². The van der Waals surface area contributed by atoms with Crippen LogP contribution in [0.3, 0.4) is 0 Å². The van der Waals surface area contributed by atoms with Crippen molar-refractivity contribution in [2.45, 2.75) is 31.7 Å². The standard InChI is InChI=1S/C20H23ClN6/c21-15-5-7-16(8-6-15)25-9-11-26(12-10-25)19-18-20(23-13-22-19)27(14-24-18)17-3-1-2-4-17/h5-8,13-14,17H,1-4,9-12H2. The summed E-state index contributed by atoms with van der Waals surface area (Å²) in [7, 11) is 0. The van der Waals surface area contributed by atoms with Gasteiger partial charge in [-0.15, -0.1) is 0 Å². The van der Waals surface area contributed by atoms with Gasteiger partial charge in [0.1, 0.15) is 6.33 Å². The number of piperazine rings is 1. The van der Waals surface area contributed by atoms with Crippen LogP contribution >= 0.6 is 11.6 Å². The van der Waals surface area contributed by atoms with Crippen LogP contribution in [0.4, 0.5) is 11.5 Å². The highest BCUT2D eigenvalue weighted by atomic mass is 35.5. The summed E-state index contributed by atoms with van der Waals surface area (Å²) >= 11 is 6.01. The molecule has 0 unspecified atom stereocenters. The molecule has 7 heteroatoms. The molecule has 3 aromatic rings. The fraction of sp³-hybridized carbons (Fsp3) is 0.450. The smallest absolute Gasteiger partial charge is 0.165 e. The molecule has 140 valence electrons. The van der Waals surface area contributed by atoms with Crippen molar-refractivity contribution in [3.05, 3.63) is 41.9 Å². The van der Waals surface area contributed by atoms with Crippen LogP contribution in [-0.4, -0.2) is 45.7 Å². The molecule has 2 fully saturated rings. The monoisotopic (exact) mass is 382 g/mol. The topological polar surface area (TPSA) is 50.1 Å². The van der Waals surface area contributed by atoms with Crippen molar-refractivity contribution in [1.82, 2.24) is 19.5 Å². The highest BCUT2D eigenvalue weighted by molar-refractivity contribution is 6.30. The Hall–Kier alpha value is -2.34. The van der Waals surface area contributed by atoms with E-state index < -0.39 is 0 Å². The van der Waals surface area contributed by atoms with E-state index in [-0.39, 0.29) is 0 Å². The third-order valence-corrected chi connectivity index (χ3v) is 6.08. The SMILES string of the molecule is Clc1ccc(N2CCN(c3ncnc4c3ncn4C3CCCC3)CC2)cc1. The summed E-state index contributed by atoms with van der Waals surface area (Å²) in [5.74, 6) is 0.965. The van der Waals surface area contributed by atoms with Gasteiger partial charge in [0.2, 0.25) is 0 Å². The van der Waals surface area contributed by atoms with Crippen LogP contribution in [0.25, 0.3) is 11.2 Å². The van der Waals surface area contributed by atoms with Crippen LogP contribution in [0.5, 0.6) is 0 Å². The third kappa shape index (κ3) is 3.12. The van der Waals surface area contributed by atoms with E-state index in [9.17, 15) is 0 Å². The Morgan fingerprint density at radius 3 is 2.30 bits per heavy atom. The number of nitrogens with zero attached hydrogens (tertiary/aromatic N) is 6. The number of hydrogen-bond donors (Lipinski definition) is 0. The predicted octanol–water partition coefficient (Wildman–Crippen LogP) is 3.92. The third-order valence-electron chi connectivity index (χ3n) is 5.83. The molecule has 1 saturated carbocycles. The maximum Gasteiger partial charge on any atom is 0.165 e. The van der Waals surface area contributed by atoms with E-state index in [2.05, 4.69) is 36.5 Å². The molecule has 27 heavy (non-hydrogen) atoms. The molecular weight excluding hydrogens is 360 g/mol. The van der Waals surface area contributed by atoms with Gasteiger partial charge in [-0.2, -0.15) is 0 Å². The maximum absolute atomic E-state index is 6.01. The second-order valence-electron chi connectivity index (χ2n) is 7.41. The Morgan fingerprint density at radius 1 is 0.852 bits per heavy atom. The molecule has 2 aliphatic rings. The summed E-state index contributed by atoms with van der Waals surface area (Å²) in [4.78, 5) is 18.6. The summed E-state index contributed by atoms with van der Waals surface area (Å²) < 4.78 is 2.26. The molecule has 0 atom stereocenters. The Kier molecular flexibility index (Phi) is 4.36. The Labute approximate surface area is 163 Å². The van der Waals surface area contributed by atoms with Crippen LogP contribution in [0.1, 0.15) is 31.7 Å². The molecule has 0 spiro atoms. The van der Waals surface area contributed by atoms with Gasteiger partial charge in [0.15, 0.2) is 17.0 Å². The molecular formula is C20H23ClN6. The minimum absolute atomic E-state index is 0.541. The number of anilines is 2. The minimum atomic E-state index is 0.541. The van der Waals surface area contributed by atoms with E-state index in [1.54, 1.807) is 6.33 Å². The lowest BCUT2D eigenvalue weighted by Crippen LogP contribution is -2.47. The number of halogens is 1. The summed E-state index contributed by atoms with van der Waals surface area (Å²) in [6.07, 6.45) is 8.71. The van der Waals surface area contributed by atoms with Gasteiger partial charge in [-0.1, -0.05) is 24.4 Å². The Balaban J connectivity index is 1.36. The van der Waals surface area contributed by atoms with Gasteiger partial charge in [-0.05, 0) is 37.1 Å². The van der Waals surface area contributed by atoms with Gasteiger partial charge in [0.05, 0.1) is 6.33 Å². The van der Waals surface area contributed by atoms with Crippen LogP contribution in [-0.2, 0) is 0 Å². The number of aromatic nitrogens is 4. The molecule has 1 aliphatic heterocycles. The molecule has 3 heterocycles. The average molecular weight is 383 g/mol. The van der Waals surface area contributed by atoms with Crippen molar-refractivity contribution < 1.29 is 0 Å². The molecule has 0 bridgehead atoms. The first-order chi connectivity index (χ1) is 13.3. The molecule has 1 aromatic carbocycles. The fourth-order valence-corrected chi connectivity index (χ4v) is 4.47. The quantitative estimate of drug-likeness (QED) is 0.687. The maximum atomic E-state index is 6.01. The predicted molar refractivity (Wildman–Crippen MR) is 109 cm³/mol. The molecule has 1 aliphatic carbocycles. The Morgan fingerprint density at radius 2 is 1.56 bits per heavy atom. The van der Waals surface area contributed by atoms with Crippen LogP contribution in [0, 0.1) is 0 Å². The van der Waals surface area contributed by atoms with E-state index in [1.807, 2.05) is 18.5 Å². The van der Waals surface area contributed by atoms with Crippen LogP contribution < -0.4 is 9.80 Å². The lowest BCUT2D eigenvalue weighted by molar-refractivity contribution is 0.529. The van der Waals surface area contributed by atoms with Crippen molar-refractivity contribution in [3.63, 3.8) is 0 Å². The van der Waals surface area contributed by atoms with Crippen molar-refractivity contribution in [2.75, 3.05) is 36.0 Å². The van der Waals surface area contributed by atoms with Gasteiger partial charge in [0.25, 0.3) is 0 Å². The molecule has 1 saturated heterocycles. The first kappa shape index (κ1) is 16.8. The summed E-state index contributed by atoms with van der Waals surface area (Å²) in [5.41, 5.74) is 3.13. The highest BCUT2D eigenvalue weighted by Gasteiger charge is 2.24. The summed E-state index contributed by atoms with van der Waals surface area (Å²) in [6, 6.07) is 8.62. The average Bonchev–Trinajstić information content (AvgIpc) is 3.38. The van der Waals surface area contributed by atoms with Gasteiger partial charge < -0.3 is 14.4 Å². The zero-order valence-corrected chi connectivity index (χ0v) is 16.0. The first-order valence-electron chi connectivity index (χ1n) is 9.72. The van der Waals surface area contributed by atoms with Gasteiger partial charge >= 0.3 is 0 Å². The number of rotatable bonds is 3. The van der Waals surface area contributed by atoms with Gasteiger partial charge in [-0.25, -0.2) is 15.0 Å². The molecule has 6 nitrogen and oxygen atoms in total. The fourth-order valence-electron chi connectivity index (χ4n) is 4.35. The van der Waals surface area contributed by atoms with Crippen molar-refractivity contribution in [1.29, 1.82) is 0 Å². The second-order valence-corrected chi connectivity index (χ2v) is 7.85. The van der Waals surface area contributed by atoms with E-state index in [0.717, 1.165) is 48.2 Å². The van der Waals surface area contributed by atoms with Crippen molar-refractivity contribution in [2.24, 2.45) is 0 Å². The lowest BCUT2D eigenvalue weighted by atomic mass is 10.2. The molecule has 5 rings (SSSR count). The molecule has 0 N–H and O–H groups in total. The lowest BCUT2D eigenvalue weighted by Gasteiger charge is -2.36. The minimum Gasteiger partial charge on any atom is -0.368 e. The number of hydrogen-bond acceptors (Lipinski definition) is 5. The van der Waals surface area contributed by atoms with Crippen LogP contribution in [0.15, 0.2) is 36.9 Å². The molecule has 0 amide bonds. The number of fused-ring (bicyclic) bond motifs is 1.